The minimum Gasteiger partial charge on any atom is -0.463 e. The molecule has 0 aliphatic carbocycles. The van der Waals surface area contributed by atoms with Crippen LogP contribution in [0.15, 0.2) is 24.3 Å². The Morgan fingerprint density at radius 2 is 1.95 bits per heavy atom. The number of nitrogens with one attached hydrogen (secondary N) is 1. The number of halogens is 3. The molecule has 0 saturated heterocycles. The summed E-state index contributed by atoms with van der Waals surface area (Å²) in [6.07, 6.45) is -4.79. The van der Waals surface area contributed by atoms with E-state index in [1.165, 1.54) is 6.07 Å². The average molecular weight is 303 g/mol. The first-order valence-corrected chi connectivity index (χ1v) is 6.35. The first-order chi connectivity index (χ1) is 9.70. The average Bonchev–Trinajstić information content (AvgIpc) is 2.37. The molecular formula is C14H16F3NO3. The lowest BCUT2D eigenvalue weighted by Crippen LogP contribution is -2.27. The molecule has 0 aliphatic rings. The van der Waals surface area contributed by atoms with E-state index in [4.69, 9.17) is 4.74 Å². The highest BCUT2D eigenvalue weighted by molar-refractivity contribution is 5.94. The van der Waals surface area contributed by atoms with Crippen LogP contribution in [0.2, 0.25) is 0 Å². The van der Waals surface area contributed by atoms with Gasteiger partial charge in [-0.1, -0.05) is 6.07 Å². The van der Waals surface area contributed by atoms with E-state index in [2.05, 4.69) is 5.32 Å². The highest BCUT2D eigenvalue weighted by Gasteiger charge is 2.30. The van der Waals surface area contributed by atoms with Gasteiger partial charge >= 0.3 is 12.1 Å². The van der Waals surface area contributed by atoms with Crippen LogP contribution in [0.3, 0.4) is 0 Å². The summed E-state index contributed by atoms with van der Waals surface area (Å²) in [5, 5.41) is 2.37. The van der Waals surface area contributed by atoms with E-state index in [1.807, 2.05) is 0 Å². The zero-order valence-electron chi connectivity index (χ0n) is 11.7. The summed E-state index contributed by atoms with van der Waals surface area (Å²) in [6.45, 7) is 3.39. The molecule has 1 amide bonds. The Morgan fingerprint density at radius 3 is 2.52 bits per heavy atom. The highest BCUT2D eigenvalue weighted by atomic mass is 19.4. The number of benzene rings is 1. The zero-order valence-corrected chi connectivity index (χ0v) is 11.7. The largest absolute Gasteiger partial charge is 0.463 e. The van der Waals surface area contributed by atoms with E-state index < -0.39 is 23.6 Å². The van der Waals surface area contributed by atoms with Gasteiger partial charge in [-0.3, -0.25) is 9.59 Å². The number of carbonyl (C=O) groups excluding carboxylic acids is 2. The van der Waals surface area contributed by atoms with Gasteiger partial charge in [0.15, 0.2) is 0 Å². The molecule has 0 heterocycles. The van der Waals surface area contributed by atoms with Crippen molar-refractivity contribution < 1.29 is 27.5 Å². The number of rotatable bonds is 5. The Labute approximate surface area is 120 Å². The van der Waals surface area contributed by atoms with Crippen LogP contribution < -0.4 is 5.32 Å². The van der Waals surface area contributed by atoms with Crippen molar-refractivity contribution >= 4 is 11.9 Å². The first-order valence-electron chi connectivity index (χ1n) is 6.35. The maximum absolute atomic E-state index is 12.5. The lowest BCUT2D eigenvalue weighted by Gasteiger charge is -2.10. The number of hydrogen-bond acceptors (Lipinski definition) is 3. The van der Waals surface area contributed by atoms with Gasteiger partial charge in [-0.05, 0) is 32.0 Å². The van der Waals surface area contributed by atoms with Crippen molar-refractivity contribution in [1.82, 2.24) is 5.32 Å². The minimum absolute atomic E-state index is 0.000627. The van der Waals surface area contributed by atoms with E-state index >= 15 is 0 Å². The molecule has 1 aromatic rings. The summed E-state index contributed by atoms with van der Waals surface area (Å²) >= 11 is 0. The van der Waals surface area contributed by atoms with E-state index in [0.29, 0.717) is 0 Å². The SMILES string of the molecule is CC(C)OC(=O)CCNC(=O)c1cccc(C(F)(F)F)c1. The molecule has 0 aliphatic heterocycles. The summed E-state index contributed by atoms with van der Waals surface area (Å²) in [6, 6.07) is 4.08. The molecule has 4 nitrogen and oxygen atoms in total. The van der Waals surface area contributed by atoms with Crippen LogP contribution in [-0.2, 0) is 15.7 Å². The van der Waals surface area contributed by atoms with E-state index in [0.717, 1.165) is 18.2 Å². The van der Waals surface area contributed by atoms with Crippen LogP contribution in [0.25, 0.3) is 0 Å². The third kappa shape index (κ3) is 5.85. The lowest BCUT2D eigenvalue weighted by molar-refractivity contribution is -0.147. The highest BCUT2D eigenvalue weighted by Crippen LogP contribution is 2.29. The molecule has 0 unspecified atom stereocenters. The molecule has 21 heavy (non-hydrogen) atoms. The Kier molecular flexibility index (Phi) is 5.75. The van der Waals surface area contributed by atoms with Crippen LogP contribution in [0.5, 0.6) is 0 Å². The summed E-state index contributed by atoms with van der Waals surface area (Å²) in [5.74, 6) is -1.15. The molecular weight excluding hydrogens is 287 g/mol. The lowest BCUT2D eigenvalue weighted by atomic mass is 10.1. The van der Waals surface area contributed by atoms with Crippen molar-refractivity contribution in [3.63, 3.8) is 0 Å². The van der Waals surface area contributed by atoms with Gasteiger partial charge in [0, 0.05) is 12.1 Å². The van der Waals surface area contributed by atoms with Crippen molar-refractivity contribution in [1.29, 1.82) is 0 Å². The van der Waals surface area contributed by atoms with Crippen molar-refractivity contribution in [3.8, 4) is 0 Å². The van der Waals surface area contributed by atoms with Gasteiger partial charge in [-0.15, -0.1) is 0 Å². The van der Waals surface area contributed by atoms with Crippen molar-refractivity contribution in [2.75, 3.05) is 6.54 Å². The summed E-state index contributed by atoms with van der Waals surface area (Å²) in [5.41, 5.74) is -1.00. The summed E-state index contributed by atoms with van der Waals surface area (Å²) in [4.78, 5) is 22.9. The molecule has 0 saturated carbocycles. The molecule has 1 aromatic carbocycles. The standard InChI is InChI=1S/C14H16F3NO3/c1-9(2)21-12(19)6-7-18-13(20)10-4-3-5-11(8-10)14(15,16)17/h3-5,8-9H,6-7H2,1-2H3,(H,18,20). The molecule has 1 rings (SSSR count). The fourth-order valence-corrected chi connectivity index (χ4v) is 1.54. The maximum Gasteiger partial charge on any atom is 0.416 e. The Bertz CT molecular complexity index is 512. The van der Waals surface area contributed by atoms with Crippen LogP contribution in [0.4, 0.5) is 13.2 Å². The van der Waals surface area contributed by atoms with E-state index in [1.54, 1.807) is 13.8 Å². The number of carbonyl (C=O) groups is 2. The van der Waals surface area contributed by atoms with Gasteiger partial charge in [0.05, 0.1) is 18.1 Å². The molecule has 0 spiro atoms. The second-order valence-corrected chi connectivity index (χ2v) is 4.62. The molecule has 0 bridgehead atoms. The maximum atomic E-state index is 12.5. The zero-order chi connectivity index (χ0) is 16.0. The van der Waals surface area contributed by atoms with Crippen molar-refractivity contribution in [2.24, 2.45) is 0 Å². The number of esters is 1. The van der Waals surface area contributed by atoms with Crippen LogP contribution in [0.1, 0.15) is 36.2 Å². The van der Waals surface area contributed by atoms with Gasteiger partial charge in [0.25, 0.3) is 5.91 Å². The second kappa shape index (κ2) is 7.10. The number of alkyl halides is 3. The second-order valence-electron chi connectivity index (χ2n) is 4.62. The topological polar surface area (TPSA) is 55.4 Å². The van der Waals surface area contributed by atoms with E-state index in [9.17, 15) is 22.8 Å². The molecule has 0 atom stereocenters. The van der Waals surface area contributed by atoms with Gasteiger partial charge in [-0.25, -0.2) is 0 Å². The Morgan fingerprint density at radius 1 is 1.29 bits per heavy atom. The fourth-order valence-electron chi connectivity index (χ4n) is 1.54. The van der Waals surface area contributed by atoms with Gasteiger partial charge in [0.1, 0.15) is 0 Å². The van der Waals surface area contributed by atoms with Crippen molar-refractivity contribution in [2.45, 2.75) is 32.5 Å². The first kappa shape index (κ1) is 17.0. The van der Waals surface area contributed by atoms with Gasteiger partial charge in [-0.2, -0.15) is 13.2 Å². The van der Waals surface area contributed by atoms with Crippen LogP contribution in [0, 0.1) is 0 Å². The van der Waals surface area contributed by atoms with E-state index in [-0.39, 0.29) is 24.6 Å². The molecule has 116 valence electrons. The molecule has 0 fully saturated rings. The fraction of sp³-hybridized carbons (Fsp3) is 0.429. The van der Waals surface area contributed by atoms with Crippen LogP contribution in [-0.4, -0.2) is 24.5 Å². The normalized spacial score (nSPS) is 11.3. The number of amides is 1. The smallest absolute Gasteiger partial charge is 0.416 e. The number of ether oxygens (including phenoxy) is 1. The monoisotopic (exact) mass is 303 g/mol. The van der Waals surface area contributed by atoms with Crippen LogP contribution >= 0.6 is 0 Å². The Balaban J connectivity index is 2.55. The Hall–Kier alpha value is -2.05. The molecule has 0 aromatic heterocycles. The third-order valence-electron chi connectivity index (χ3n) is 2.43. The third-order valence-corrected chi connectivity index (χ3v) is 2.43. The summed E-state index contributed by atoms with van der Waals surface area (Å²) in [7, 11) is 0. The quantitative estimate of drug-likeness (QED) is 0.851. The molecule has 7 heteroatoms. The van der Waals surface area contributed by atoms with Crippen molar-refractivity contribution in [3.05, 3.63) is 35.4 Å². The predicted molar refractivity (Wildman–Crippen MR) is 69.6 cm³/mol. The van der Waals surface area contributed by atoms with Gasteiger partial charge < -0.3 is 10.1 Å². The predicted octanol–water partition coefficient (Wildman–Crippen LogP) is 2.78. The minimum atomic E-state index is -4.50. The summed E-state index contributed by atoms with van der Waals surface area (Å²) < 4.78 is 42.4. The van der Waals surface area contributed by atoms with Gasteiger partial charge in [0.2, 0.25) is 0 Å². The molecule has 0 radical (unpaired) electrons. The number of hydrogen-bond donors (Lipinski definition) is 1. The molecule has 1 N–H and O–H groups in total.